The molecule has 4 nitrogen and oxygen atoms in total. The van der Waals surface area contributed by atoms with E-state index < -0.39 is 17.6 Å². The highest BCUT2D eigenvalue weighted by Gasteiger charge is 2.40. The maximum Gasteiger partial charge on any atom is 0.478 e. The Morgan fingerprint density at radius 1 is 1.46 bits per heavy atom. The molecule has 1 aromatic heterocycles. The van der Waals surface area contributed by atoms with Gasteiger partial charge in [-0.25, -0.2) is 0 Å². The minimum Gasteiger partial charge on any atom is -0.618 e. The fraction of sp³-hybridized carbons (Fsp3) is 0.167. The van der Waals surface area contributed by atoms with E-state index in [4.69, 9.17) is 0 Å². The predicted octanol–water partition coefficient (Wildman–Crippen LogP) is 1.74. The number of alkyl halides is 3. The van der Waals surface area contributed by atoms with Crippen molar-refractivity contribution in [1.82, 2.24) is 0 Å². The number of pyridine rings is 1. The van der Waals surface area contributed by atoms with Crippen molar-refractivity contribution in [3.8, 4) is 0 Å². The Morgan fingerprint density at radius 2 is 2.08 bits per heavy atom. The molecular formula is C6H3F3N2O2. The monoisotopic (exact) mass is 192 g/mol. The Balaban J connectivity index is 3.27. The molecule has 0 bridgehead atoms. The van der Waals surface area contributed by atoms with Crippen LogP contribution in [0.4, 0.5) is 18.9 Å². The summed E-state index contributed by atoms with van der Waals surface area (Å²) in [5.41, 5.74) is -1.89. The van der Waals surface area contributed by atoms with Crippen LogP contribution in [-0.4, -0.2) is 0 Å². The first-order valence-corrected chi connectivity index (χ1v) is 3.09. The molecule has 0 unspecified atom stereocenters. The van der Waals surface area contributed by atoms with E-state index in [0.717, 1.165) is 6.07 Å². The summed E-state index contributed by atoms with van der Waals surface area (Å²) in [4.78, 5) is 9.87. The van der Waals surface area contributed by atoms with Gasteiger partial charge in [-0.05, 0) is 5.18 Å². The Morgan fingerprint density at radius 3 is 2.54 bits per heavy atom. The molecule has 0 aliphatic carbocycles. The summed E-state index contributed by atoms with van der Waals surface area (Å²) in [6.07, 6.45) is -4.19. The molecule has 0 amide bonds. The van der Waals surface area contributed by atoms with Gasteiger partial charge in [0.15, 0.2) is 6.20 Å². The highest BCUT2D eigenvalue weighted by atomic mass is 19.4. The molecule has 1 rings (SSSR count). The molecule has 0 radical (unpaired) electrons. The molecule has 1 heterocycles. The van der Waals surface area contributed by atoms with E-state index in [-0.39, 0.29) is 4.73 Å². The topological polar surface area (TPSA) is 56.4 Å². The van der Waals surface area contributed by atoms with Crippen LogP contribution in [0.5, 0.6) is 0 Å². The normalized spacial score (nSPS) is 11.3. The average molecular weight is 192 g/mol. The van der Waals surface area contributed by atoms with E-state index >= 15 is 0 Å². The summed E-state index contributed by atoms with van der Waals surface area (Å²) < 4.78 is 35.6. The van der Waals surface area contributed by atoms with Gasteiger partial charge in [0, 0.05) is 12.1 Å². The first-order valence-electron chi connectivity index (χ1n) is 3.09. The molecule has 0 saturated carbocycles. The standard InChI is InChI=1S/C6H3F3N2O2/c7-6(8,9)5-3-4(10-12)1-2-11(5)13/h1-3H. The molecule has 0 aliphatic rings. The molecule has 0 aromatic carbocycles. The lowest BCUT2D eigenvalue weighted by atomic mass is 10.3. The van der Waals surface area contributed by atoms with Crippen molar-refractivity contribution >= 4 is 5.69 Å². The van der Waals surface area contributed by atoms with Crippen molar-refractivity contribution < 1.29 is 17.9 Å². The molecule has 70 valence electrons. The van der Waals surface area contributed by atoms with Gasteiger partial charge in [-0.2, -0.15) is 17.9 Å². The van der Waals surface area contributed by atoms with Crippen molar-refractivity contribution in [2.45, 2.75) is 6.18 Å². The van der Waals surface area contributed by atoms with Gasteiger partial charge >= 0.3 is 11.9 Å². The number of hydrogen-bond acceptors (Lipinski definition) is 3. The van der Waals surface area contributed by atoms with Crippen molar-refractivity contribution in [3.05, 3.63) is 34.1 Å². The van der Waals surface area contributed by atoms with E-state index in [1.54, 1.807) is 0 Å². The Kier molecular flexibility index (Phi) is 2.18. The van der Waals surface area contributed by atoms with Crippen LogP contribution in [0.2, 0.25) is 0 Å². The van der Waals surface area contributed by atoms with Gasteiger partial charge in [0.1, 0.15) is 5.69 Å². The lowest BCUT2D eigenvalue weighted by Gasteiger charge is -2.06. The van der Waals surface area contributed by atoms with Crippen LogP contribution in [0.1, 0.15) is 5.69 Å². The third-order valence-electron chi connectivity index (χ3n) is 1.30. The van der Waals surface area contributed by atoms with Gasteiger partial charge < -0.3 is 5.21 Å². The Labute approximate surface area is 70.2 Å². The van der Waals surface area contributed by atoms with Crippen molar-refractivity contribution in [1.29, 1.82) is 0 Å². The fourth-order valence-electron chi connectivity index (χ4n) is 0.740. The number of nitrogens with zero attached hydrogens (tertiary/aromatic N) is 2. The lowest BCUT2D eigenvalue weighted by molar-refractivity contribution is -0.629. The summed E-state index contributed by atoms with van der Waals surface area (Å²) in [6, 6.07) is 1.29. The average Bonchev–Trinajstić information content (AvgIpc) is 2.03. The van der Waals surface area contributed by atoms with E-state index in [9.17, 15) is 23.3 Å². The largest absolute Gasteiger partial charge is 0.618 e. The molecule has 7 heteroatoms. The molecule has 0 saturated heterocycles. The van der Waals surface area contributed by atoms with Crippen molar-refractivity contribution in [2.24, 2.45) is 5.18 Å². The molecule has 13 heavy (non-hydrogen) atoms. The third-order valence-corrected chi connectivity index (χ3v) is 1.30. The van der Waals surface area contributed by atoms with Gasteiger partial charge in [-0.15, -0.1) is 4.91 Å². The minimum atomic E-state index is -4.78. The van der Waals surface area contributed by atoms with Crippen molar-refractivity contribution in [3.63, 3.8) is 0 Å². The summed E-state index contributed by atoms with van der Waals surface area (Å²) >= 11 is 0. The minimum absolute atomic E-state index is 0.366. The second kappa shape index (κ2) is 3.00. The van der Waals surface area contributed by atoms with Gasteiger partial charge in [-0.1, -0.05) is 0 Å². The van der Waals surface area contributed by atoms with E-state index in [2.05, 4.69) is 5.18 Å². The van der Waals surface area contributed by atoms with Crippen LogP contribution in [0.15, 0.2) is 23.5 Å². The van der Waals surface area contributed by atoms with E-state index in [1.807, 2.05) is 0 Å². The summed E-state index contributed by atoms with van der Waals surface area (Å²) in [6.45, 7) is 0. The highest BCUT2D eigenvalue weighted by Crippen LogP contribution is 2.28. The molecule has 1 aromatic rings. The fourth-order valence-corrected chi connectivity index (χ4v) is 0.740. The first kappa shape index (κ1) is 9.43. The summed E-state index contributed by atoms with van der Waals surface area (Å²) in [7, 11) is 0. The maximum atomic E-state index is 12.0. The van der Waals surface area contributed by atoms with Crippen LogP contribution in [-0.2, 0) is 6.18 Å². The zero-order chi connectivity index (χ0) is 10.1. The molecule has 0 atom stereocenters. The van der Waals surface area contributed by atoms with Crippen LogP contribution < -0.4 is 4.73 Å². The van der Waals surface area contributed by atoms with Crippen molar-refractivity contribution in [2.75, 3.05) is 0 Å². The number of halogens is 3. The molecule has 0 N–H and O–H groups in total. The van der Waals surface area contributed by atoms with Crippen LogP contribution in [0.25, 0.3) is 0 Å². The molecule has 0 aliphatic heterocycles. The van der Waals surface area contributed by atoms with Gasteiger partial charge in [-0.3, -0.25) is 0 Å². The molecule has 0 spiro atoms. The maximum absolute atomic E-state index is 12.0. The van der Waals surface area contributed by atoms with Gasteiger partial charge in [0.2, 0.25) is 0 Å². The third kappa shape index (κ3) is 1.92. The summed E-state index contributed by atoms with van der Waals surface area (Å²) in [5, 5.41) is 12.9. The smallest absolute Gasteiger partial charge is 0.478 e. The quantitative estimate of drug-likeness (QED) is 0.386. The summed E-state index contributed by atoms with van der Waals surface area (Å²) in [5.74, 6) is 0. The van der Waals surface area contributed by atoms with Crippen LogP contribution in [0, 0.1) is 10.1 Å². The van der Waals surface area contributed by atoms with E-state index in [1.165, 1.54) is 0 Å². The Hall–Kier alpha value is -1.66. The number of nitroso groups, excluding NO2 is 1. The number of aromatic nitrogens is 1. The van der Waals surface area contributed by atoms with Crippen LogP contribution in [0.3, 0.4) is 0 Å². The van der Waals surface area contributed by atoms with E-state index in [0.29, 0.717) is 12.3 Å². The van der Waals surface area contributed by atoms with Gasteiger partial charge in [0.25, 0.3) is 0 Å². The highest BCUT2D eigenvalue weighted by molar-refractivity contribution is 5.35. The second-order valence-electron chi connectivity index (χ2n) is 2.19. The molecule has 0 fully saturated rings. The molecular weight excluding hydrogens is 189 g/mol. The lowest BCUT2D eigenvalue weighted by Crippen LogP contribution is -2.35. The Bertz CT molecular complexity index is 337. The van der Waals surface area contributed by atoms with Crippen LogP contribution >= 0.6 is 0 Å². The number of hydrogen-bond donors (Lipinski definition) is 0. The predicted molar refractivity (Wildman–Crippen MR) is 35.9 cm³/mol. The number of rotatable bonds is 1. The second-order valence-corrected chi connectivity index (χ2v) is 2.19. The zero-order valence-corrected chi connectivity index (χ0v) is 6.08. The zero-order valence-electron chi connectivity index (χ0n) is 6.08. The van der Waals surface area contributed by atoms with Gasteiger partial charge in [0.05, 0.1) is 0 Å². The first-order chi connectivity index (χ1) is 5.95. The SMILES string of the molecule is O=Nc1cc[n+]([O-])c(C(F)(F)F)c1.